The van der Waals surface area contributed by atoms with Gasteiger partial charge in [0.15, 0.2) is 6.10 Å². The second-order valence-corrected chi connectivity index (χ2v) is 21.6. The Bertz CT molecular complexity index is 1640. The van der Waals surface area contributed by atoms with Gasteiger partial charge in [0.05, 0.1) is 0 Å². The van der Waals surface area contributed by atoms with E-state index in [-0.39, 0.29) is 31.1 Å². The summed E-state index contributed by atoms with van der Waals surface area (Å²) in [5.74, 6) is -0.901. The number of hydrogen-bond acceptors (Lipinski definition) is 6. The minimum atomic E-state index is -0.790. The first-order chi connectivity index (χ1) is 39.0. The SMILES string of the molecule is CC/C=C\C/C=C\C/C=C\C/C=C\C/C=C\C/C=C\C/C=C\C/C=C\CCCCCCCCC(=O)OCC(COC(=O)CCCCCCCCCCCCCCC)OC(=O)CCCCCCCCC/C=C\C/C=C\CCCCC. The van der Waals surface area contributed by atoms with Gasteiger partial charge in [-0.3, -0.25) is 14.4 Å². The van der Waals surface area contributed by atoms with Crippen molar-refractivity contribution in [3.8, 4) is 0 Å². The fraction of sp³-hybridized carbons (Fsp3) is 0.685. The Labute approximate surface area is 488 Å². The van der Waals surface area contributed by atoms with Gasteiger partial charge in [-0.25, -0.2) is 0 Å². The molecule has 0 saturated heterocycles. The van der Waals surface area contributed by atoms with E-state index in [2.05, 4.69) is 142 Å². The lowest BCUT2D eigenvalue weighted by atomic mass is 10.0. The van der Waals surface area contributed by atoms with Crippen LogP contribution in [-0.2, 0) is 28.6 Å². The van der Waals surface area contributed by atoms with Crippen LogP contribution in [0.5, 0.6) is 0 Å². The molecule has 0 saturated carbocycles. The van der Waals surface area contributed by atoms with Crippen molar-refractivity contribution in [1.82, 2.24) is 0 Å². The number of unbranched alkanes of at least 4 members (excludes halogenated alkanes) is 28. The zero-order chi connectivity index (χ0) is 57.1. The molecule has 0 aliphatic carbocycles. The Kier molecular flexibility index (Phi) is 62.8. The van der Waals surface area contributed by atoms with Crippen molar-refractivity contribution < 1.29 is 28.6 Å². The summed E-state index contributed by atoms with van der Waals surface area (Å²) in [6.45, 7) is 6.50. The maximum absolute atomic E-state index is 12.9. The highest BCUT2D eigenvalue weighted by Crippen LogP contribution is 2.16. The zero-order valence-electron chi connectivity index (χ0n) is 51.6. The molecule has 0 aromatic carbocycles. The maximum atomic E-state index is 12.9. The van der Waals surface area contributed by atoms with Crippen LogP contribution in [0.15, 0.2) is 122 Å². The molecule has 0 bridgehead atoms. The van der Waals surface area contributed by atoms with Gasteiger partial charge in [0, 0.05) is 19.3 Å². The van der Waals surface area contributed by atoms with Crippen LogP contribution in [0.1, 0.15) is 303 Å². The van der Waals surface area contributed by atoms with Crippen LogP contribution < -0.4 is 0 Å². The van der Waals surface area contributed by atoms with E-state index < -0.39 is 6.10 Å². The summed E-state index contributed by atoms with van der Waals surface area (Å²) in [7, 11) is 0. The fourth-order valence-electron chi connectivity index (χ4n) is 9.02. The second kappa shape index (κ2) is 66.3. The Morgan fingerprint density at radius 2 is 0.494 bits per heavy atom. The van der Waals surface area contributed by atoms with Gasteiger partial charge in [-0.1, -0.05) is 290 Å². The molecule has 1 unspecified atom stereocenters. The molecule has 79 heavy (non-hydrogen) atoms. The van der Waals surface area contributed by atoms with Gasteiger partial charge in [0.2, 0.25) is 0 Å². The highest BCUT2D eigenvalue weighted by atomic mass is 16.6. The first-order valence-electron chi connectivity index (χ1n) is 33.0. The molecule has 0 spiro atoms. The van der Waals surface area contributed by atoms with Crippen LogP contribution in [0.2, 0.25) is 0 Å². The van der Waals surface area contributed by atoms with Gasteiger partial charge in [-0.2, -0.15) is 0 Å². The van der Waals surface area contributed by atoms with Crippen LogP contribution in [0.25, 0.3) is 0 Å². The molecule has 0 radical (unpaired) electrons. The van der Waals surface area contributed by atoms with Crippen molar-refractivity contribution in [2.24, 2.45) is 0 Å². The summed E-state index contributed by atoms with van der Waals surface area (Å²) in [6, 6.07) is 0. The number of ether oxygens (including phenoxy) is 3. The first-order valence-corrected chi connectivity index (χ1v) is 33.0. The van der Waals surface area contributed by atoms with E-state index in [4.69, 9.17) is 14.2 Å². The molecule has 6 nitrogen and oxygen atoms in total. The quantitative estimate of drug-likeness (QED) is 0.0261. The van der Waals surface area contributed by atoms with E-state index in [9.17, 15) is 14.4 Å². The van der Waals surface area contributed by atoms with Crippen LogP contribution in [0.3, 0.4) is 0 Å². The minimum Gasteiger partial charge on any atom is -0.462 e. The number of carbonyl (C=O) groups is 3. The Morgan fingerprint density at radius 1 is 0.266 bits per heavy atom. The van der Waals surface area contributed by atoms with Gasteiger partial charge < -0.3 is 14.2 Å². The smallest absolute Gasteiger partial charge is 0.306 e. The lowest BCUT2D eigenvalue weighted by molar-refractivity contribution is -0.167. The van der Waals surface area contributed by atoms with Gasteiger partial charge in [0.25, 0.3) is 0 Å². The van der Waals surface area contributed by atoms with Crippen molar-refractivity contribution in [1.29, 1.82) is 0 Å². The summed E-state index contributed by atoms with van der Waals surface area (Å²) < 4.78 is 16.9. The predicted octanol–water partition coefficient (Wildman–Crippen LogP) is 22.8. The van der Waals surface area contributed by atoms with E-state index in [1.54, 1.807) is 0 Å². The first kappa shape index (κ1) is 74.8. The topological polar surface area (TPSA) is 78.9 Å². The van der Waals surface area contributed by atoms with E-state index in [1.165, 1.54) is 128 Å². The summed E-state index contributed by atoms with van der Waals surface area (Å²) >= 11 is 0. The van der Waals surface area contributed by atoms with E-state index in [0.717, 1.165) is 135 Å². The lowest BCUT2D eigenvalue weighted by Crippen LogP contribution is -2.30. The van der Waals surface area contributed by atoms with Crippen molar-refractivity contribution in [2.75, 3.05) is 13.2 Å². The number of carbonyl (C=O) groups excluding carboxylic acids is 3. The van der Waals surface area contributed by atoms with Gasteiger partial charge in [0.1, 0.15) is 13.2 Å². The highest BCUT2D eigenvalue weighted by molar-refractivity contribution is 5.71. The van der Waals surface area contributed by atoms with Gasteiger partial charge >= 0.3 is 17.9 Å². The molecule has 0 N–H and O–H groups in total. The Morgan fingerprint density at radius 3 is 0.797 bits per heavy atom. The number of esters is 3. The molecule has 450 valence electrons. The van der Waals surface area contributed by atoms with Crippen LogP contribution >= 0.6 is 0 Å². The monoisotopic (exact) mass is 1090 g/mol. The van der Waals surface area contributed by atoms with E-state index in [1.807, 2.05) is 0 Å². The molecular formula is C73H122O6. The summed E-state index contributed by atoms with van der Waals surface area (Å²) in [5, 5.41) is 0. The van der Waals surface area contributed by atoms with Crippen LogP contribution in [0.4, 0.5) is 0 Å². The standard InChI is InChI=1S/C73H122O6/c1-4-7-10-13-16-19-22-25-27-29-30-31-32-33-34-35-36-37-38-39-40-41-42-44-45-48-51-54-57-60-63-66-72(75)78-69-70(68-77-71(74)65-62-59-56-53-50-47-24-21-18-15-12-9-6-3)79-73(76)67-64-61-58-55-52-49-46-43-28-26-23-20-17-14-11-8-5-2/h7,10,16-17,19-20,25-28,30-31,33-34,36-37,39-40,42,44,70H,4-6,8-9,11-15,18,21-24,29,32,35,38,41,43,45-69H2,1-3H3/b10-7-,19-16-,20-17-,27-25-,28-26-,31-30-,34-33-,37-36-,40-39-,44-42-. The maximum Gasteiger partial charge on any atom is 0.306 e. The number of allylic oxidation sites excluding steroid dienone is 20. The molecule has 0 fully saturated rings. The van der Waals surface area contributed by atoms with Crippen LogP contribution in [-0.4, -0.2) is 37.2 Å². The highest BCUT2D eigenvalue weighted by Gasteiger charge is 2.19. The molecule has 0 aliphatic rings. The third-order valence-corrected chi connectivity index (χ3v) is 14.0. The molecule has 6 heteroatoms. The molecule has 0 aromatic rings. The van der Waals surface area contributed by atoms with Crippen LogP contribution in [0, 0.1) is 0 Å². The average Bonchev–Trinajstić information content (AvgIpc) is 3.45. The van der Waals surface area contributed by atoms with E-state index >= 15 is 0 Å². The number of rotatable bonds is 59. The molecule has 1 atom stereocenters. The number of hydrogen-bond donors (Lipinski definition) is 0. The zero-order valence-corrected chi connectivity index (χ0v) is 51.6. The molecular weight excluding hydrogens is 973 g/mol. The normalized spacial score (nSPS) is 12.9. The van der Waals surface area contributed by atoms with Crippen molar-refractivity contribution >= 4 is 17.9 Å². The van der Waals surface area contributed by atoms with Gasteiger partial charge in [-0.15, -0.1) is 0 Å². The van der Waals surface area contributed by atoms with E-state index in [0.29, 0.717) is 19.3 Å². The average molecular weight is 1100 g/mol. The molecule has 0 aromatic heterocycles. The van der Waals surface area contributed by atoms with Gasteiger partial charge in [-0.05, 0) is 116 Å². The fourth-order valence-corrected chi connectivity index (χ4v) is 9.02. The van der Waals surface area contributed by atoms with Crippen molar-refractivity contribution in [3.63, 3.8) is 0 Å². The largest absolute Gasteiger partial charge is 0.462 e. The van der Waals surface area contributed by atoms with Crippen molar-refractivity contribution in [2.45, 2.75) is 309 Å². The Balaban J connectivity index is 4.33. The minimum absolute atomic E-state index is 0.0851. The molecule has 0 heterocycles. The Hall–Kier alpha value is -4.19. The lowest BCUT2D eigenvalue weighted by Gasteiger charge is -2.18. The van der Waals surface area contributed by atoms with Crippen molar-refractivity contribution in [3.05, 3.63) is 122 Å². The molecule has 0 amide bonds. The third-order valence-electron chi connectivity index (χ3n) is 14.0. The predicted molar refractivity (Wildman–Crippen MR) is 343 cm³/mol. The molecule has 0 rings (SSSR count). The second-order valence-electron chi connectivity index (χ2n) is 21.6. The summed E-state index contributed by atoms with van der Waals surface area (Å²) in [6.07, 6.45) is 92.0. The molecule has 0 aliphatic heterocycles. The third kappa shape index (κ3) is 64.5. The summed E-state index contributed by atoms with van der Waals surface area (Å²) in [4.78, 5) is 38.3. The summed E-state index contributed by atoms with van der Waals surface area (Å²) in [5.41, 5.74) is 0.